The third-order valence-corrected chi connectivity index (χ3v) is 4.77. The van der Waals surface area contributed by atoms with Gasteiger partial charge in [0.05, 0.1) is 19.8 Å². The molecule has 0 spiro atoms. The van der Waals surface area contributed by atoms with Crippen molar-refractivity contribution in [3.63, 3.8) is 0 Å². The van der Waals surface area contributed by atoms with E-state index in [9.17, 15) is 0 Å². The fraction of sp³-hybridized carbons (Fsp3) is 0.650. The number of methoxy groups -OCH3 is 1. The second-order valence-electron chi connectivity index (χ2n) is 7.12. The molecule has 0 bridgehead atoms. The van der Waals surface area contributed by atoms with E-state index in [1.54, 1.807) is 7.11 Å². The van der Waals surface area contributed by atoms with Crippen LogP contribution in [0.1, 0.15) is 24.4 Å². The molecule has 154 valence electrons. The van der Waals surface area contributed by atoms with Gasteiger partial charge in [0.2, 0.25) is 0 Å². The van der Waals surface area contributed by atoms with Gasteiger partial charge >= 0.3 is 0 Å². The van der Waals surface area contributed by atoms with E-state index in [0.29, 0.717) is 0 Å². The van der Waals surface area contributed by atoms with E-state index in [4.69, 9.17) is 9.47 Å². The van der Waals surface area contributed by atoms with Crippen molar-refractivity contribution in [2.45, 2.75) is 18.9 Å². The second-order valence-corrected chi connectivity index (χ2v) is 7.12. The van der Waals surface area contributed by atoms with Gasteiger partial charge < -0.3 is 24.6 Å². The van der Waals surface area contributed by atoms with Crippen molar-refractivity contribution in [1.29, 1.82) is 0 Å². The lowest BCUT2D eigenvalue weighted by atomic mass is 10.1. The third kappa shape index (κ3) is 8.23. The number of hydrogen-bond donors (Lipinski definition) is 1. The summed E-state index contributed by atoms with van der Waals surface area (Å²) in [6, 6.07) is 8.48. The Balaban J connectivity index is 0.00000364. The number of benzene rings is 1. The van der Waals surface area contributed by atoms with E-state index in [-0.39, 0.29) is 30.0 Å². The van der Waals surface area contributed by atoms with Gasteiger partial charge in [0.15, 0.2) is 5.96 Å². The highest BCUT2D eigenvalue weighted by molar-refractivity contribution is 14.0. The van der Waals surface area contributed by atoms with Crippen molar-refractivity contribution >= 4 is 29.9 Å². The van der Waals surface area contributed by atoms with E-state index in [1.165, 1.54) is 18.4 Å². The van der Waals surface area contributed by atoms with E-state index in [1.807, 2.05) is 26.2 Å². The zero-order valence-electron chi connectivity index (χ0n) is 17.3. The Labute approximate surface area is 181 Å². The van der Waals surface area contributed by atoms with E-state index in [0.717, 1.165) is 43.9 Å². The van der Waals surface area contributed by atoms with Gasteiger partial charge in [0.25, 0.3) is 0 Å². The zero-order chi connectivity index (χ0) is 18.9. The highest BCUT2D eigenvalue weighted by atomic mass is 127. The topological polar surface area (TPSA) is 49.3 Å². The van der Waals surface area contributed by atoms with Crippen LogP contribution in [0.25, 0.3) is 0 Å². The molecular weight excluding hydrogens is 455 g/mol. The number of nitrogens with zero attached hydrogens (tertiary/aromatic N) is 3. The van der Waals surface area contributed by atoms with Crippen LogP contribution in [-0.2, 0) is 4.74 Å². The average molecular weight is 490 g/mol. The maximum atomic E-state index is 5.73. The number of nitrogens with one attached hydrogen (secondary N) is 1. The molecule has 1 aromatic rings. The first kappa shape index (κ1) is 24.0. The molecule has 0 amide bonds. The highest BCUT2D eigenvalue weighted by Crippen LogP contribution is 2.28. The molecular formula is C20H35IN4O2. The normalized spacial score (nSPS) is 15.3. The number of rotatable bonds is 10. The van der Waals surface area contributed by atoms with Gasteiger partial charge in [0, 0.05) is 33.8 Å². The van der Waals surface area contributed by atoms with E-state index >= 15 is 0 Å². The fourth-order valence-corrected chi connectivity index (χ4v) is 2.84. The summed E-state index contributed by atoms with van der Waals surface area (Å²) in [6.07, 6.45) is 2.66. The molecule has 0 aliphatic heterocycles. The molecule has 2 rings (SSSR count). The minimum Gasteiger partial charge on any atom is -0.497 e. The van der Waals surface area contributed by atoms with E-state index < -0.39 is 0 Å². The standard InChI is InChI=1S/C20H34N4O2.HI/c1-21-20(24(4)12-13-26-15-16-6-7-16)22-14-19(23(2)3)17-8-10-18(25-5)11-9-17;/h8-11,16,19H,6-7,12-15H2,1-5H3,(H,21,22);1H. The Morgan fingerprint density at radius 1 is 1.22 bits per heavy atom. The molecule has 0 heterocycles. The van der Waals surface area contributed by atoms with Crippen LogP contribution < -0.4 is 10.1 Å². The van der Waals surface area contributed by atoms with Crippen LogP contribution in [0.4, 0.5) is 0 Å². The summed E-state index contributed by atoms with van der Waals surface area (Å²) < 4.78 is 11.0. The SMILES string of the molecule is CN=C(NCC(c1ccc(OC)cc1)N(C)C)N(C)CCOCC1CC1.I. The molecule has 1 atom stereocenters. The van der Waals surface area contributed by atoms with Crippen molar-refractivity contribution < 1.29 is 9.47 Å². The van der Waals surface area contributed by atoms with Crippen LogP contribution >= 0.6 is 24.0 Å². The first-order valence-electron chi connectivity index (χ1n) is 9.35. The quantitative estimate of drug-likeness (QED) is 0.237. The van der Waals surface area contributed by atoms with Crippen molar-refractivity contribution in [2.24, 2.45) is 10.9 Å². The molecule has 1 saturated carbocycles. The molecule has 1 unspecified atom stereocenters. The number of guanidine groups is 1. The Kier molecular flexibility index (Phi) is 11.0. The van der Waals surface area contributed by atoms with Crippen molar-refractivity contribution in [2.75, 3.05) is 61.6 Å². The number of likely N-dealkylation sites (N-methyl/N-ethyl adjacent to an activating group) is 2. The minimum atomic E-state index is 0. The number of aliphatic imine (C=N–C) groups is 1. The Morgan fingerprint density at radius 3 is 2.41 bits per heavy atom. The molecule has 0 saturated heterocycles. The number of ether oxygens (including phenoxy) is 2. The lowest BCUT2D eigenvalue weighted by Gasteiger charge is -2.28. The minimum absolute atomic E-state index is 0. The molecule has 7 heteroatoms. The van der Waals surface area contributed by atoms with Gasteiger partial charge in [-0.15, -0.1) is 24.0 Å². The lowest BCUT2D eigenvalue weighted by molar-refractivity contribution is 0.115. The molecule has 1 aliphatic rings. The summed E-state index contributed by atoms with van der Waals surface area (Å²) in [4.78, 5) is 8.73. The lowest BCUT2D eigenvalue weighted by Crippen LogP contribution is -2.43. The van der Waals surface area contributed by atoms with Gasteiger partial charge in [-0.25, -0.2) is 0 Å². The Morgan fingerprint density at radius 2 is 1.89 bits per heavy atom. The van der Waals surface area contributed by atoms with Gasteiger partial charge in [-0.05, 0) is 50.6 Å². The summed E-state index contributed by atoms with van der Waals surface area (Å²) in [5, 5.41) is 3.49. The maximum absolute atomic E-state index is 5.73. The molecule has 1 N–H and O–H groups in total. The highest BCUT2D eigenvalue weighted by Gasteiger charge is 2.21. The predicted molar refractivity (Wildman–Crippen MR) is 122 cm³/mol. The molecule has 1 fully saturated rings. The summed E-state index contributed by atoms with van der Waals surface area (Å²) in [5.41, 5.74) is 1.24. The van der Waals surface area contributed by atoms with Gasteiger partial charge in [0.1, 0.15) is 5.75 Å². The first-order valence-corrected chi connectivity index (χ1v) is 9.35. The second kappa shape index (κ2) is 12.4. The summed E-state index contributed by atoms with van der Waals surface area (Å²) >= 11 is 0. The van der Waals surface area contributed by atoms with Crippen molar-refractivity contribution in [3.05, 3.63) is 29.8 Å². The van der Waals surface area contributed by atoms with Crippen LogP contribution in [0.5, 0.6) is 5.75 Å². The summed E-state index contributed by atoms with van der Waals surface area (Å²) in [5.74, 6) is 2.57. The van der Waals surface area contributed by atoms with Gasteiger partial charge in [-0.2, -0.15) is 0 Å². The molecule has 0 aromatic heterocycles. The summed E-state index contributed by atoms with van der Waals surface area (Å²) in [7, 11) is 9.74. The first-order chi connectivity index (χ1) is 12.5. The van der Waals surface area contributed by atoms with E-state index in [2.05, 4.69) is 46.3 Å². The largest absolute Gasteiger partial charge is 0.497 e. The van der Waals surface area contributed by atoms with Gasteiger partial charge in [-0.1, -0.05) is 12.1 Å². The van der Waals surface area contributed by atoms with Crippen molar-refractivity contribution in [3.8, 4) is 5.75 Å². The summed E-state index contributed by atoms with van der Waals surface area (Å²) in [6.45, 7) is 3.25. The van der Waals surface area contributed by atoms with Crippen LogP contribution in [0.15, 0.2) is 29.3 Å². The number of halogens is 1. The molecule has 0 radical (unpaired) electrons. The molecule has 27 heavy (non-hydrogen) atoms. The predicted octanol–water partition coefficient (Wildman–Crippen LogP) is 2.85. The Hall–Kier alpha value is -1.06. The monoisotopic (exact) mass is 490 g/mol. The smallest absolute Gasteiger partial charge is 0.193 e. The van der Waals surface area contributed by atoms with Crippen LogP contribution in [0.2, 0.25) is 0 Å². The van der Waals surface area contributed by atoms with Crippen LogP contribution in [0.3, 0.4) is 0 Å². The number of hydrogen-bond acceptors (Lipinski definition) is 4. The molecule has 1 aromatic carbocycles. The maximum Gasteiger partial charge on any atom is 0.193 e. The third-order valence-electron chi connectivity index (χ3n) is 4.77. The van der Waals surface area contributed by atoms with Crippen LogP contribution in [-0.4, -0.2) is 77.4 Å². The molecule has 1 aliphatic carbocycles. The fourth-order valence-electron chi connectivity index (χ4n) is 2.84. The zero-order valence-corrected chi connectivity index (χ0v) is 19.6. The average Bonchev–Trinajstić information content (AvgIpc) is 3.46. The molecule has 6 nitrogen and oxygen atoms in total. The van der Waals surface area contributed by atoms with Crippen molar-refractivity contribution in [1.82, 2.24) is 15.1 Å². The van der Waals surface area contributed by atoms with Crippen LogP contribution in [0, 0.1) is 5.92 Å². The Bertz CT molecular complexity index is 562. The van der Waals surface area contributed by atoms with Gasteiger partial charge in [-0.3, -0.25) is 4.99 Å².